The highest BCUT2D eigenvalue weighted by Crippen LogP contribution is 2.46. The summed E-state index contributed by atoms with van der Waals surface area (Å²) in [6.07, 6.45) is 1.76. The van der Waals surface area contributed by atoms with Crippen molar-refractivity contribution in [1.82, 2.24) is 4.90 Å². The van der Waals surface area contributed by atoms with Crippen LogP contribution in [0.3, 0.4) is 0 Å². The van der Waals surface area contributed by atoms with Gasteiger partial charge in [0.05, 0.1) is 5.41 Å². The van der Waals surface area contributed by atoms with Crippen molar-refractivity contribution in [3.8, 4) is 0 Å². The fraction of sp³-hybridized carbons (Fsp3) is 0.429. The number of benzene rings is 1. The van der Waals surface area contributed by atoms with E-state index in [1.165, 1.54) is 0 Å². The van der Waals surface area contributed by atoms with Crippen molar-refractivity contribution in [3.63, 3.8) is 0 Å². The van der Waals surface area contributed by atoms with Gasteiger partial charge in [-0.25, -0.2) is 0 Å². The molecule has 2 amide bonds. The van der Waals surface area contributed by atoms with E-state index in [9.17, 15) is 9.59 Å². The number of primary amides is 1. The average molecular weight is 261 g/mol. The largest absolute Gasteiger partial charge is 0.366 e. The van der Waals surface area contributed by atoms with Crippen LogP contribution in [0.5, 0.6) is 0 Å². The highest BCUT2D eigenvalue weighted by molar-refractivity contribution is 5.92. The van der Waals surface area contributed by atoms with Crippen LogP contribution in [0.15, 0.2) is 24.3 Å². The summed E-state index contributed by atoms with van der Waals surface area (Å²) >= 11 is 0. The van der Waals surface area contributed by atoms with Crippen molar-refractivity contribution in [1.29, 1.82) is 0 Å². The molecular weight excluding hydrogens is 242 g/mol. The number of hydrogen-bond donors (Lipinski definition) is 2. The third-order valence-electron chi connectivity index (χ3n) is 3.70. The normalized spacial score (nSPS) is 15.9. The number of carbonyl (C=O) groups excluding carboxylic acids is 2. The van der Waals surface area contributed by atoms with E-state index in [1.54, 1.807) is 24.1 Å². The summed E-state index contributed by atoms with van der Waals surface area (Å²) in [5.74, 6) is -0.343. The first-order chi connectivity index (χ1) is 8.98. The van der Waals surface area contributed by atoms with Crippen LogP contribution in [0.1, 0.15) is 28.8 Å². The molecule has 1 aliphatic carbocycles. The molecule has 0 bridgehead atoms. The second-order valence-electron chi connectivity index (χ2n) is 5.21. The van der Waals surface area contributed by atoms with E-state index in [4.69, 9.17) is 11.5 Å². The Bertz CT molecular complexity index is 492. The predicted octanol–water partition coefficient (Wildman–Crippen LogP) is 0.483. The second-order valence-corrected chi connectivity index (χ2v) is 5.21. The molecule has 1 aliphatic rings. The standard InChI is InChI=1S/C14H19N3O2/c1-17(13(19)14(9-15)6-7-14)8-10-2-4-11(5-3-10)12(16)18/h2-5H,6-9,15H2,1H3,(H2,16,18). The van der Waals surface area contributed by atoms with Crippen LogP contribution in [0.4, 0.5) is 0 Å². The first-order valence-electron chi connectivity index (χ1n) is 6.33. The molecule has 0 radical (unpaired) electrons. The van der Waals surface area contributed by atoms with Crippen LogP contribution >= 0.6 is 0 Å². The van der Waals surface area contributed by atoms with Gasteiger partial charge in [0.2, 0.25) is 11.8 Å². The Balaban J connectivity index is 2.01. The van der Waals surface area contributed by atoms with Crippen LogP contribution in [-0.4, -0.2) is 30.3 Å². The molecule has 0 saturated heterocycles. The Labute approximate surface area is 112 Å². The maximum Gasteiger partial charge on any atom is 0.248 e. The van der Waals surface area contributed by atoms with Crippen molar-refractivity contribution < 1.29 is 9.59 Å². The zero-order valence-corrected chi connectivity index (χ0v) is 11.1. The van der Waals surface area contributed by atoms with Gasteiger partial charge in [0.15, 0.2) is 0 Å². The molecule has 5 nitrogen and oxygen atoms in total. The summed E-state index contributed by atoms with van der Waals surface area (Å²) in [4.78, 5) is 24.9. The van der Waals surface area contributed by atoms with Crippen molar-refractivity contribution in [2.45, 2.75) is 19.4 Å². The molecule has 1 aromatic rings. The maximum absolute atomic E-state index is 12.2. The molecule has 1 fully saturated rings. The van der Waals surface area contributed by atoms with Gasteiger partial charge in [-0.1, -0.05) is 12.1 Å². The van der Waals surface area contributed by atoms with Gasteiger partial charge < -0.3 is 16.4 Å². The number of amides is 2. The molecule has 0 aromatic heterocycles. The van der Waals surface area contributed by atoms with Crippen LogP contribution in [0.2, 0.25) is 0 Å². The van der Waals surface area contributed by atoms with Gasteiger partial charge in [-0.05, 0) is 30.5 Å². The third-order valence-corrected chi connectivity index (χ3v) is 3.70. The highest BCUT2D eigenvalue weighted by Gasteiger charge is 2.49. The fourth-order valence-electron chi connectivity index (χ4n) is 2.18. The zero-order chi connectivity index (χ0) is 14.0. The van der Waals surface area contributed by atoms with Crippen LogP contribution in [0.25, 0.3) is 0 Å². The summed E-state index contributed by atoms with van der Waals surface area (Å²) in [5.41, 5.74) is 12.0. The number of nitrogens with two attached hydrogens (primary N) is 2. The minimum absolute atomic E-state index is 0.106. The minimum atomic E-state index is -0.448. The van der Waals surface area contributed by atoms with Gasteiger partial charge in [0.25, 0.3) is 0 Å². The lowest BCUT2D eigenvalue weighted by atomic mass is 10.1. The van der Waals surface area contributed by atoms with Gasteiger partial charge in [-0.15, -0.1) is 0 Å². The molecule has 1 saturated carbocycles. The average Bonchev–Trinajstić information content (AvgIpc) is 3.19. The smallest absolute Gasteiger partial charge is 0.248 e. The Morgan fingerprint density at radius 3 is 2.26 bits per heavy atom. The van der Waals surface area contributed by atoms with Gasteiger partial charge in [0.1, 0.15) is 0 Å². The zero-order valence-electron chi connectivity index (χ0n) is 11.1. The van der Waals surface area contributed by atoms with Gasteiger partial charge in [0, 0.05) is 25.7 Å². The summed E-state index contributed by atoms with van der Waals surface area (Å²) < 4.78 is 0. The van der Waals surface area contributed by atoms with E-state index in [2.05, 4.69) is 0 Å². The molecule has 0 heterocycles. The Morgan fingerprint density at radius 1 is 1.26 bits per heavy atom. The molecule has 102 valence electrons. The molecule has 4 N–H and O–H groups in total. The van der Waals surface area contributed by atoms with Crippen molar-refractivity contribution in [3.05, 3.63) is 35.4 Å². The van der Waals surface area contributed by atoms with E-state index in [0.717, 1.165) is 18.4 Å². The van der Waals surface area contributed by atoms with Gasteiger partial charge in [-0.2, -0.15) is 0 Å². The lowest BCUT2D eigenvalue weighted by Crippen LogP contribution is -2.37. The van der Waals surface area contributed by atoms with E-state index in [1.807, 2.05) is 12.1 Å². The first kappa shape index (κ1) is 13.5. The summed E-state index contributed by atoms with van der Waals surface area (Å²) in [7, 11) is 1.78. The topological polar surface area (TPSA) is 89.4 Å². The molecule has 1 aromatic carbocycles. The van der Waals surface area contributed by atoms with Gasteiger partial charge >= 0.3 is 0 Å². The molecule has 0 atom stereocenters. The van der Waals surface area contributed by atoms with Crippen LogP contribution < -0.4 is 11.5 Å². The molecular formula is C14H19N3O2. The number of hydrogen-bond acceptors (Lipinski definition) is 3. The molecule has 0 spiro atoms. The highest BCUT2D eigenvalue weighted by atomic mass is 16.2. The summed E-state index contributed by atoms with van der Waals surface area (Å²) in [6, 6.07) is 6.97. The van der Waals surface area contributed by atoms with Crippen LogP contribution in [-0.2, 0) is 11.3 Å². The summed E-state index contributed by atoms with van der Waals surface area (Å²) in [5, 5.41) is 0. The molecule has 0 aliphatic heterocycles. The van der Waals surface area contributed by atoms with Crippen molar-refractivity contribution >= 4 is 11.8 Å². The first-order valence-corrected chi connectivity index (χ1v) is 6.33. The second kappa shape index (κ2) is 5.01. The number of rotatable bonds is 5. The van der Waals surface area contributed by atoms with Gasteiger partial charge in [-0.3, -0.25) is 9.59 Å². The lowest BCUT2D eigenvalue weighted by Gasteiger charge is -2.22. The van der Waals surface area contributed by atoms with Crippen LogP contribution in [0, 0.1) is 5.41 Å². The lowest BCUT2D eigenvalue weighted by molar-refractivity contribution is -0.135. The minimum Gasteiger partial charge on any atom is -0.366 e. The van der Waals surface area contributed by atoms with E-state index in [-0.39, 0.29) is 11.3 Å². The predicted molar refractivity (Wildman–Crippen MR) is 72.2 cm³/mol. The molecule has 0 unspecified atom stereocenters. The molecule has 19 heavy (non-hydrogen) atoms. The maximum atomic E-state index is 12.2. The van der Waals surface area contributed by atoms with E-state index in [0.29, 0.717) is 18.7 Å². The van der Waals surface area contributed by atoms with Crippen molar-refractivity contribution in [2.75, 3.05) is 13.6 Å². The monoisotopic (exact) mass is 261 g/mol. The van der Waals surface area contributed by atoms with E-state index < -0.39 is 5.91 Å². The Kier molecular flexibility index (Phi) is 3.57. The molecule has 2 rings (SSSR count). The fourth-order valence-corrected chi connectivity index (χ4v) is 2.18. The molecule has 5 heteroatoms. The SMILES string of the molecule is CN(Cc1ccc(C(N)=O)cc1)C(=O)C1(CN)CC1. The Hall–Kier alpha value is -1.88. The quantitative estimate of drug-likeness (QED) is 0.808. The Morgan fingerprint density at radius 2 is 1.84 bits per heavy atom. The third kappa shape index (κ3) is 2.76. The van der Waals surface area contributed by atoms with E-state index >= 15 is 0 Å². The van der Waals surface area contributed by atoms with Crippen molar-refractivity contribution in [2.24, 2.45) is 16.9 Å². The number of nitrogens with zero attached hydrogens (tertiary/aromatic N) is 1. The number of carbonyl (C=O) groups is 2. The summed E-state index contributed by atoms with van der Waals surface area (Å²) in [6.45, 7) is 0.927.